The van der Waals surface area contributed by atoms with Gasteiger partial charge in [0, 0.05) is 6.54 Å². The molecule has 16 heavy (non-hydrogen) atoms. The lowest BCUT2D eigenvalue weighted by molar-refractivity contribution is 0.295. The van der Waals surface area contributed by atoms with Crippen molar-refractivity contribution in [1.82, 2.24) is 4.90 Å². The zero-order valence-corrected chi connectivity index (χ0v) is 11.6. The normalized spacial score (nSPS) is 10.1. The Hall–Kier alpha value is -0.440. The molecule has 0 fully saturated rings. The van der Waals surface area contributed by atoms with E-state index in [0.717, 1.165) is 25.4 Å². The van der Waals surface area contributed by atoms with Gasteiger partial charge in [-0.3, -0.25) is 4.90 Å². The Morgan fingerprint density at radius 3 is 2.31 bits per heavy atom. The molecule has 0 saturated carbocycles. The van der Waals surface area contributed by atoms with Crippen molar-refractivity contribution in [3.63, 3.8) is 0 Å². The van der Waals surface area contributed by atoms with Crippen molar-refractivity contribution >= 4 is 24.0 Å². The number of ether oxygens (including phenoxy) is 1. The molecule has 2 nitrogen and oxygen atoms in total. The van der Waals surface area contributed by atoms with Crippen LogP contribution in [0.25, 0.3) is 0 Å². The van der Waals surface area contributed by atoms with Crippen LogP contribution in [0.3, 0.4) is 0 Å². The average molecular weight is 264 g/mol. The van der Waals surface area contributed by atoms with Crippen molar-refractivity contribution in [3.8, 4) is 5.75 Å². The highest BCUT2D eigenvalue weighted by atomic mass is 35.5. The van der Waals surface area contributed by atoms with E-state index >= 15 is 0 Å². The van der Waals surface area contributed by atoms with E-state index in [4.69, 9.17) is 16.3 Å². The molecule has 0 aliphatic heterocycles. The van der Waals surface area contributed by atoms with Gasteiger partial charge in [0.1, 0.15) is 5.75 Å². The highest BCUT2D eigenvalue weighted by Crippen LogP contribution is 2.25. The summed E-state index contributed by atoms with van der Waals surface area (Å²) in [5.41, 5.74) is 1.23. The predicted molar refractivity (Wildman–Crippen MR) is 71.9 cm³/mol. The number of nitrogens with zero attached hydrogens (tertiary/aromatic N) is 1. The third kappa shape index (κ3) is 4.20. The Balaban J connectivity index is 0.00000225. The number of benzene rings is 1. The van der Waals surface area contributed by atoms with E-state index in [1.54, 1.807) is 7.11 Å². The average Bonchev–Trinajstić information content (AvgIpc) is 2.26. The molecule has 0 bridgehead atoms. The van der Waals surface area contributed by atoms with Crippen LogP contribution < -0.4 is 4.74 Å². The van der Waals surface area contributed by atoms with Gasteiger partial charge >= 0.3 is 0 Å². The Bertz CT molecular complexity index is 314. The van der Waals surface area contributed by atoms with Crippen LogP contribution in [0, 0.1) is 0 Å². The summed E-state index contributed by atoms with van der Waals surface area (Å²) in [7, 11) is 1.63. The Labute approximate surface area is 109 Å². The second-order valence-corrected chi connectivity index (χ2v) is 3.84. The second-order valence-electron chi connectivity index (χ2n) is 3.43. The molecule has 0 aliphatic carbocycles. The number of halogens is 2. The minimum absolute atomic E-state index is 0. The fourth-order valence-electron chi connectivity index (χ4n) is 1.51. The first-order chi connectivity index (χ1) is 7.21. The molecule has 0 heterocycles. The van der Waals surface area contributed by atoms with Gasteiger partial charge in [-0.25, -0.2) is 0 Å². The summed E-state index contributed by atoms with van der Waals surface area (Å²) < 4.78 is 5.11. The third-order valence-corrected chi connectivity index (χ3v) is 2.81. The van der Waals surface area contributed by atoms with Crippen LogP contribution in [0.15, 0.2) is 18.2 Å². The molecule has 1 rings (SSSR count). The molecule has 0 spiro atoms. The van der Waals surface area contributed by atoms with Gasteiger partial charge in [0.25, 0.3) is 0 Å². The van der Waals surface area contributed by atoms with E-state index in [-0.39, 0.29) is 12.4 Å². The van der Waals surface area contributed by atoms with Crippen molar-refractivity contribution in [3.05, 3.63) is 28.8 Å². The van der Waals surface area contributed by atoms with Gasteiger partial charge in [0.15, 0.2) is 0 Å². The summed E-state index contributed by atoms with van der Waals surface area (Å²) >= 11 is 6.06. The smallest absolute Gasteiger partial charge is 0.137 e. The molecule has 0 atom stereocenters. The van der Waals surface area contributed by atoms with Crippen molar-refractivity contribution in [1.29, 1.82) is 0 Å². The molecule has 0 amide bonds. The van der Waals surface area contributed by atoms with Gasteiger partial charge in [-0.05, 0) is 30.8 Å². The monoisotopic (exact) mass is 263 g/mol. The minimum Gasteiger partial charge on any atom is -0.495 e. The zero-order valence-electron chi connectivity index (χ0n) is 10.00. The fraction of sp³-hybridized carbons (Fsp3) is 0.500. The topological polar surface area (TPSA) is 12.5 Å². The molecule has 4 heteroatoms. The van der Waals surface area contributed by atoms with Gasteiger partial charge in [-0.2, -0.15) is 0 Å². The maximum absolute atomic E-state index is 6.06. The van der Waals surface area contributed by atoms with Crippen molar-refractivity contribution in [2.24, 2.45) is 0 Å². The molecule has 0 radical (unpaired) electrons. The van der Waals surface area contributed by atoms with Gasteiger partial charge in [0.05, 0.1) is 12.1 Å². The molecule has 0 unspecified atom stereocenters. The fourth-order valence-corrected chi connectivity index (χ4v) is 1.79. The second kappa shape index (κ2) is 7.77. The van der Waals surface area contributed by atoms with Crippen molar-refractivity contribution in [2.75, 3.05) is 20.2 Å². The lowest BCUT2D eigenvalue weighted by Crippen LogP contribution is -2.22. The van der Waals surface area contributed by atoms with Gasteiger partial charge in [-0.1, -0.05) is 31.5 Å². The van der Waals surface area contributed by atoms with Crippen LogP contribution >= 0.6 is 24.0 Å². The summed E-state index contributed by atoms with van der Waals surface area (Å²) in [4.78, 5) is 2.35. The first kappa shape index (κ1) is 15.6. The lowest BCUT2D eigenvalue weighted by Gasteiger charge is -2.18. The number of methoxy groups -OCH3 is 1. The first-order valence-electron chi connectivity index (χ1n) is 5.26. The van der Waals surface area contributed by atoms with Crippen LogP contribution in [-0.4, -0.2) is 25.1 Å². The molecule has 92 valence electrons. The summed E-state index contributed by atoms with van der Waals surface area (Å²) in [5, 5.41) is 0.683. The Kier molecular flexibility index (Phi) is 7.56. The van der Waals surface area contributed by atoms with Gasteiger partial charge < -0.3 is 4.74 Å². The number of hydrogen-bond acceptors (Lipinski definition) is 2. The molecule has 0 saturated heterocycles. The van der Waals surface area contributed by atoms with Gasteiger partial charge in [-0.15, -0.1) is 12.4 Å². The van der Waals surface area contributed by atoms with Crippen LogP contribution in [-0.2, 0) is 6.54 Å². The van der Waals surface area contributed by atoms with E-state index in [2.05, 4.69) is 24.8 Å². The van der Waals surface area contributed by atoms with E-state index in [1.165, 1.54) is 5.56 Å². The van der Waals surface area contributed by atoms with Crippen LogP contribution in [0.2, 0.25) is 5.02 Å². The molecular formula is C12H19Cl2NO. The summed E-state index contributed by atoms with van der Waals surface area (Å²) in [6.45, 7) is 7.38. The standard InChI is InChI=1S/C12H18ClNO.ClH/c1-4-14(5-2)9-10-6-7-12(15-3)11(13)8-10;/h6-8H,4-5,9H2,1-3H3;1H. The molecule has 1 aromatic carbocycles. The molecule has 0 aromatic heterocycles. The highest BCUT2D eigenvalue weighted by Gasteiger charge is 2.04. The molecular weight excluding hydrogens is 245 g/mol. The summed E-state index contributed by atoms with van der Waals surface area (Å²) in [6.07, 6.45) is 0. The van der Waals surface area contributed by atoms with Crippen molar-refractivity contribution < 1.29 is 4.74 Å². The van der Waals surface area contributed by atoms with E-state index < -0.39 is 0 Å². The van der Waals surface area contributed by atoms with E-state index in [0.29, 0.717) is 5.02 Å². The Morgan fingerprint density at radius 2 is 1.88 bits per heavy atom. The minimum atomic E-state index is 0. The van der Waals surface area contributed by atoms with E-state index in [9.17, 15) is 0 Å². The van der Waals surface area contributed by atoms with E-state index in [1.807, 2.05) is 12.1 Å². The number of rotatable bonds is 5. The molecule has 1 aromatic rings. The summed E-state index contributed by atoms with van der Waals surface area (Å²) in [6, 6.07) is 5.95. The largest absolute Gasteiger partial charge is 0.495 e. The first-order valence-corrected chi connectivity index (χ1v) is 5.63. The number of hydrogen-bond donors (Lipinski definition) is 0. The summed E-state index contributed by atoms with van der Waals surface area (Å²) in [5.74, 6) is 0.736. The highest BCUT2D eigenvalue weighted by molar-refractivity contribution is 6.32. The third-order valence-electron chi connectivity index (χ3n) is 2.52. The van der Waals surface area contributed by atoms with Crippen LogP contribution in [0.1, 0.15) is 19.4 Å². The van der Waals surface area contributed by atoms with Crippen LogP contribution in [0.4, 0.5) is 0 Å². The van der Waals surface area contributed by atoms with Gasteiger partial charge in [0.2, 0.25) is 0 Å². The Morgan fingerprint density at radius 1 is 1.25 bits per heavy atom. The SMILES string of the molecule is CCN(CC)Cc1ccc(OC)c(Cl)c1.Cl. The molecule has 0 aliphatic rings. The molecule has 0 N–H and O–H groups in total. The zero-order chi connectivity index (χ0) is 11.3. The van der Waals surface area contributed by atoms with Crippen LogP contribution in [0.5, 0.6) is 5.75 Å². The lowest BCUT2D eigenvalue weighted by atomic mass is 10.2. The van der Waals surface area contributed by atoms with Crippen molar-refractivity contribution in [2.45, 2.75) is 20.4 Å². The maximum atomic E-state index is 6.06. The quantitative estimate of drug-likeness (QED) is 0.805. The maximum Gasteiger partial charge on any atom is 0.137 e. The predicted octanol–water partition coefficient (Wildman–Crippen LogP) is 3.61.